The molecule has 1 aliphatic heterocycles. The van der Waals surface area contributed by atoms with Gasteiger partial charge in [0.05, 0.1) is 23.4 Å². The summed E-state index contributed by atoms with van der Waals surface area (Å²) in [7, 11) is -3.18. The van der Waals surface area contributed by atoms with Gasteiger partial charge in [0.15, 0.2) is 0 Å². The number of sulfonamides is 1. The van der Waals surface area contributed by atoms with Gasteiger partial charge < -0.3 is 5.32 Å². The molecule has 0 atom stereocenters. The number of aromatic nitrogens is 2. The van der Waals surface area contributed by atoms with E-state index in [2.05, 4.69) is 15.3 Å². The normalized spacial score (nSPS) is 16.7. The lowest BCUT2D eigenvalue weighted by molar-refractivity contribution is -0.126. The van der Waals surface area contributed by atoms with Crippen LogP contribution in [0.1, 0.15) is 18.5 Å². The maximum absolute atomic E-state index is 12.4. The fourth-order valence-corrected chi connectivity index (χ4v) is 4.50. The third-order valence-electron chi connectivity index (χ3n) is 4.25. The van der Waals surface area contributed by atoms with Crippen molar-refractivity contribution in [2.24, 2.45) is 5.92 Å². The smallest absolute Gasteiger partial charge is 0.223 e. The molecule has 0 aromatic carbocycles. The second kappa shape index (κ2) is 7.59. The lowest BCUT2D eigenvalue weighted by atomic mass is 9.97. The Morgan fingerprint density at radius 2 is 2.04 bits per heavy atom. The van der Waals surface area contributed by atoms with E-state index < -0.39 is 10.0 Å². The lowest BCUT2D eigenvalue weighted by Crippen LogP contribution is -2.42. The summed E-state index contributed by atoms with van der Waals surface area (Å²) in [6.45, 7) is 1.09. The van der Waals surface area contributed by atoms with Crippen molar-refractivity contribution in [1.82, 2.24) is 19.6 Å². The molecule has 1 aliphatic rings. The second-order valence-corrected chi connectivity index (χ2v) is 8.91. The summed E-state index contributed by atoms with van der Waals surface area (Å²) in [4.78, 5) is 22.1. The molecule has 2 aromatic heterocycles. The van der Waals surface area contributed by atoms with Crippen LogP contribution in [-0.2, 0) is 21.4 Å². The zero-order valence-corrected chi connectivity index (χ0v) is 15.5. The van der Waals surface area contributed by atoms with Crippen LogP contribution < -0.4 is 5.32 Å². The van der Waals surface area contributed by atoms with Crippen molar-refractivity contribution in [3.8, 4) is 10.6 Å². The molecular weight excluding hydrogens is 360 g/mol. The van der Waals surface area contributed by atoms with Crippen molar-refractivity contribution >= 4 is 27.3 Å². The Morgan fingerprint density at radius 1 is 1.32 bits per heavy atom. The van der Waals surface area contributed by atoms with Gasteiger partial charge in [-0.2, -0.15) is 0 Å². The minimum Gasteiger partial charge on any atom is -0.350 e. The molecule has 1 saturated heterocycles. The van der Waals surface area contributed by atoms with Crippen molar-refractivity contribution in [1.29, 1.82) is 0 Å². The number of hydrogen-bond acceptors (Lipinski definition) is 6. The van der Waals surface area contributed by atoms with Crippen LogP contribution in [0.25, 0.3) is 10.6 Å². The molecule has 2 aromatic rings. The van der Waals surface area contributed by atoms with Gasteiger partial charge in [0.25, 0.3) is 0 Å². The Labute approximate surface area is 151 Å². The van der Waals surface area contributed by atoms with Gasteiger partial charge in [-0.3, -0.25) is 14.8 Å². The predicted octanol–water partition coefficient (Wildman–Crippen LogP) is 1.49. The van der Waals surface area contributed by atoms with Crippen LogP contribution in [0.5, 0.6) is 0 Å². The number of hydrogen-bond donors (Lipinski definition) is 1. The first kappa shape index (κ1) is 18.0. The molecule has 0 radical (unpaired) electrons. The van der Waals surface area contributed by atoms with Gasteiger partial charge in [-0.05, 0) is 24.3 Å². The van der Waals surface area contributed by atoms with E-state index in [1.807, 2.05) is 17.5 Å². The van der Waals surface area contributed by atoms with Crippen molar-refractivity contribution in [2.45, 2.75) is 19.4 Å². The summed E-state index contributed by atoms with van der Waals surface area (Å²) < 4.78 is 24.5. The average molecular weight is 380 g/mol. The van der Waals surface area contributed by atoms with Crippen LogP contribution >= 0.6 is 11.3 Å². The number of rotatable bonds is 5. The topological polar surface area (TPSA) is 92.3 Å². The van der Waals surface area contributed by atoms with Gasteiger partial charge in [-0.25, -0.2) is 12.7 Å². The number of piperidine rings is 1. The zero-order chi connectivity index (χ0) is 17.9. The lowest BCUT2D eigenvalue weighted by Gasteiger charge is -2.29. The van der Waals surface area contributed by atoms with Gasteiger partial charge in [-0.1, -0.05) is 6.07 Å². The van der Waals surface area contributed by atoms with E-state index in [1.54, 1.807) is 23.7 Å². The minimum absolute atomic E-state index is 0.0593. The van der Waals surface area contributed by atoms with Gasteiger partial charge in [-0.15, -0.1) is 11.3 Å². The van der Waals surface area contributed by atoms with Crippen molar-refractivity contribution in [3.05, 3.63) is 35.6 Å². The van der Waals surface area contributed by atoms with Gasteiger partial charge in [0.1, 0.15) is 5.69 Å². The fourth-order valence-electron chi connectivity index (χ4n) is 2.88. The Bertz CT molecular complexity index is 829. The number of amides is 1. The van der Waals surface area contributed by atoms with Gasteiger partial charge in [0.2, 0.25) is 15.9 Å². The number of carbonyl (C=O) groups is 1. The zero-order valence-electron chi connectivity index (χ0n) is 13.9. The number of thiophene rings is 1. The molecular formula is C16H20N4O3S2. The van der Waals surface area contributed by atoms with Gasteiger partial charge in [0, 0.05) is 31.4 Å². The standard InChI is InChI=1S/C16H20N4O3S2/c1-25(22,23)20-8-4-12(5-9-20)16(21)19-11-13-15(18-7-6-17-13)14-3-2-10-24-14/h2-3,6-7,10,12H,4-5,8-9,11H2,1H3,(H,19,21). The summed E-state index contributed by atoms with van der Waals surface area (Å²) in [5.41, 5.74) is 1.51. The molecule has 1 N–H and O–H groups in total. The van der Waals surface area contributed by atoms with Crippen LogP contribution in [0.15, 0.2) is 29.9 Å². The Hall–Kier alpha value is -1.84. The molecule has 3 heterocycles. The van der Waals surface area contributed by atoms with Gasteiger partial charge >= 0.3 is 0 Å². The largest absolute Gasteiger partial charge is 0.350 e. The van der Waals surface area contributed by atoms with Crippen molar-refractivity contribution < 1.29 is 13.2 Å². The van der Waals surface area contributed by atoms with Crippen LogP contribution in [0.2, 0.25) is 0 Å². The average Bonchev–Trinajstić information content (AvgIpc) is 3.14. The fraction of sp³-hybridized carbons (Fsp3) is 0.438. The quantitative estimate of drug-likeness (QED) is 0.848. The molecule has 0 saturated carbocycles. The third-order valence-corrected chi connectivity index (χ3v) is 6.43. The Morgan fingerprint density at radius 3 is 2.68 bits per heavy atom. The molecule has 7 nitrogen and oxygen atoms in total. The summed E-state index contributed by atoms with van der Waals surface area (Å²) in [5.74, 6) is -0.226. The number of nitrogens with one attached hydrogen (secondary N) is 1. The Kier molecular flexibility index (Phi) is 5.45. The number of carbonyl (C=O) groups excluding carboxylic acids is 1. The first-order valence-corrected chi connectivity index (χ1v) is 10.7. The van der Waals surface area contributed by atoms with E-state index in [9.17, 15) is 13.2 Å². The molecule has 0 spiro atoms. The van der Waals surface area contributed by atoms with E-state index in [1.165, 1.54) is 10.6 Å². The maximum Gasteiger partial charge on any atom is 0.223 e. The highest BCUT2D eigenvalue weighted by atomic mass is 32.2. The molecule has 1 amide bonds. The molecule has 0 unspecified atom stereocenters. The third kappa shape index (κ3) is 4.42. The highest BCUT2D eigenvalue weighted by molar-refractivity contribution is 7.88. The second-order valence-electron chi connectivity index (χ2n) is 5.98. The molecule has 0 bridgehead atoms. The van der Waals surface area contributed by atoms with Crippen LogP contribution in [0, 0.1) is 5.92 Å². The maximum atomic E-state index is 12.4. The van der Waals surface area contributed by atoms with Crippen molar-refractivity contribution in [2.75, 3.05) is 19.3 Å². The molecule has 9 heteroatoms. The monoisotopic (exact) mass is 380 g/mol. The van der Waals surface area contributed by atoms with Crippen LogP contribution in [0.3, 0.4) is 0 Å². The molecule has 25 heavy (non-hydrogen) atoms. The molecule has 3 rings (SSSR count). The molecule has 134 valence electrons. The van der Waals surface area contributed by atoms with Crippen LogP contribution in [0.4, 0.5) is 0 Å². The number of nitrogens with zero attached hydrogens (tertiary/aromatic N) is 3. The minimum atomic E-state index is -3.18. The predicted molar refractivity (Wildman–Crippen MR) is 96.3 cm³/mol. The Balaban J connectivity index is 1.59. The highest BCUT2D eigenvalue weighted by Gasteiger charge is 2.28. The van der Waals surface area contributed by atoms with E-state index in [0.29, 0.717) is 32.5 Å². The summed E-state index contributed by atoms with van der Waals surface area (Å²) in [5, 5.41) is 4.89. The van der Waals surface area contributed by atoms with E-state index in [-0.39, 0.29) is 11.8 Å². The van der Waals surface area contributed by atoms with E-state index in [0.717, 1.165) is 16.3 Å². The first-order chi connectivity index (χ1) is 11.9. The van der Waals surface area contributed by atoms with E-state index in [4.69, 9.17) is 0 Å². The molecule has 0 aliphatic carbocycles. The molecule has 1 fully saturated rings. The van der Waals surface area contributed by atoms with E-state index >= 15 is 0 Å². The summed E-state index contributed by atoms with van der Waals surface area (Å²) >= 11 is 1.58. The summed E-state index contributed by atoms with van der Waals surface area (Å²) in [6.07, 6.45) is 5.53. The van der Waals surface area contributed by atoms with Crippen LogP contribution in [-0.4, -0.2) is 47.9 Å². The highest BCUT2D eigenvalue weighted by Crippen LogP contribution is 2.25. The first-order valence-electron chi connectivity index (χ1n) is 8.02. The van der Waals surface area contributed by atoms with Crippen molar-refractivity contribution in [3.63, 3.8) is 0 Å². The SMILES string of the molecule is CS(=O)(=O)N1CCC(C(=O)NCc2nccnc2-c2cccs2)CC1. The summed E-state index contributed by atoms with van der Waals surface area (Å²) in [6, 6.07) is 3.92.